The number of rotatable bonds is 2. The number of benzene rings is 1. The van der Waals surface area contributed by atoms with E-state index in [2.05, 4.69) is 0 Å². The van der Waals surface area contributed by atoms with Gasteiger partial charge in [0.2, 0.25) is 0 Å². The molecule has 0 aliphatic heterocycles. The molecule has 0 aliphatic carbocycles. The van der Waals surface area contributed by atoms with Crippen molar-refractivity contribution < 1.29 is 25.9 Å². The van der Waals surface area contributed by atoms with Crippen molar-refractivity contribution in [2.75, 3.05) is 6.26 Å². The Morgan fingerprint density at radius 2 is 1.38 bits per heavy atom. The van der Waals surface area contributed by atoms with E-state index in [1.165, 1.54) is 0 Å². The largest absolute Gasteiger partial charge is 0.286 e. The summed E-state index contributed by atoms with van der Waals surface area (Å²) >= 11 is 0. The van der Waals surface area contributed by atoms with Gasteiger partial charge in [-0.3, -0.25) is 9.11 Å². The second kappa shape index (κ2) is 5.94. The first-order valence-electron chi connectivity index (χ1n) is 3.99. The lowest BCUT2D eigenvalue weighted by Crippen LogP contribution is -2.00. The van der Waals surface area contributed by atoms with E-state index in [1.807, 2.05) is 0 Å². The van der Waals surface area contributed by atoms with Crippen molar-refractivity contribution in [1.29, 1.82) is 0 Å². The fourth-order valence-electron chi connectivity index (χ4n) is 0.785. The van der Waals surface area contributed by atoms with Crippen molar-refractivity contribution in [1.82, 2.24) is 0 Å². The SMILES string of the molecule is CS(=O)(=O)O.O=S(=O)(O)Cc1ccccc1. The smallest absolute Gasteiger partial charge is 0.269 e. The molecule has 0 atom stereocenters. The molecule has 0 bridgehead atoms. The zero-order chi connectivity index (χ0) is 12.8. The quantitative estimate of drug-likeness (QED) is 0.759. The van der Waals surface area contributed by atoms with E-state index in [0.29, 0.717) is 11.8 Å². The molecule has 1 aromatic rings. The number of hydrogen-bond donors (Lipinski definition) is 2. The van der Waals surface area contributed by atoms with E-state index in [4.69, 9.17) is 9.11 Å². The fourth-order valence-corrected chi connectivity index (χ4v) is 1.40. The van der Waals surface area contributed by atoms with Crippen LogP contribution in [-0.2, 0) is 26.0 Å². The van der Waals surface area contributed by atoms with Crippen LogP contribution in [0, 0.1) is 0 Å². The van der Waals surface area contributed by atoms with E-state index in [0.717, 1.165) is 0 Å². The highest BCUT2D eigenvalue weighted by Crippen LogP contribution is 2.02. The Kier molecular flexibility index (Phi) is 5.59. The van der Waals surface area contributed by atoms with Gasteiger partial charge in [-0.05, 0) is 5.56 Å². The molecule has 6 nitrogen and oxygen atoms in total. The first kappa shape index (κ1) is 15.0. The highest BCUT2D eigenvalue weighted by Gasteiger charge is 2.04. The first-order chi connectivity index (χ1) is 7.08. The zero-order valence-electron chi connectivity index (χ0n) is 8.44. The van der Waals surface area contributed by atoms with Crippen LogP contribution in [0.5, 0.6) is 0 Å². The molecule has 1 aromatic carbocycles. The van der Waals surface area contributed by atoms with Gasteiger partial charge in [-0.2, -0.15) is 16.8 Å². The topological polar surface area (TPSA) is 109 Å². The summed E-state index contributed by atoms with van der Waals surface area (Å²) in [5, 5.41) is 0. The van der Waals surface area contributed by atoms with Gasteiger partial charge in [0.1, 0.15) is 5.75 Å². The molecule has 0 amide bonds. The summed E-state index contributed by atoms with van der Waals surface area (Å²) in [6.45, 7) is 0. The van der Waals surface area contributed by atoms with Crippen molar-refractivity contribution in [3.05, 3.63) is 35.9 Å². The molecular weight excluding hydrogens is 256 g/mol. The summed E-state index contributed by atoms with van der Waals surface area (Å²) in [6, 6.07) is 8.52. The van der Waals surface area contributed by atoms with Crippen LogP contribution in [0.1, 0.15) is 5.56 Å². The molecular formula is C8H12O6S2. The summed E-state index contributed by atoms with van der Waals surface area (Å²) in [5.74, 6) is -0.312. The predicted molar refractivity (Wildman–Crippen MR) is 59.2 cm³/mol. The van der Waals surface area contributed by atoms with Gasteiger partial charge in [0.25, 0.3) is 20.2 Å². The monoisotopic (exact) mass is 268 g/mol. The van der Waals surface area contributed by atoms with Gasteiger partial charge < -0.3 is 0 Å². The van der Waals surface area contributed by atoms with Crippen LogP contribution >= 0.6 is 0 Å². The predicted octanol–water partition coefficient (Wildman–Crippen LogP) is 0.578. The third kappa shape index (κ3) is 13.0. The molecule has 0 aromatic heterocycles. The summed E-state index contributed by atoms with van der Waals surface area (Å²) in [5.41, 5.74) is 0.593. The van der Waals surface area contributed by atoms with E-state index in [9.17, 15) is 16.8 Å². The lowest BCUT2D eigenvalue weighted by molar-refractivity contribution is 0.481. The van der Waals surface area contributed by atoms with Crippen molar-refractivity contribution in [2.24, 2.45) is 0 Å². The van der Waals surface area contributed by atoms with Gasteiger partial charge in [0, 0.05) is 0 Å². The van der Waals surface area contributed by atoms with Crippen LogP contribution < -0.4 is 0 Å². The lowest BCUT2D eigenvalue weighted by Gasteiger charge is -1.95. The second-order valence-electron chi connectivity index (χ2n) is 2.94. The third-order valence-electron chi connectivity index (χ3n) is 1.19. The molecule has 8 heteroatoms. The highest BCUT2D eigenvalue weighted by atomic mass is 32.2. The minimum atomic E-state index is -3.88. The van der Waals surface area contributed by atoms with E-state index in [1.54, 1.807) is 30.3 Å². The summed E-state index contributed by atoms with van der Waals surface area (Å²) in [7, 11) is -7.54. The maximum atomic E-state index is 10.4. The Hall–Kier alpha value is -0.960. The molecule has 0 spiro atoms. The zero-order valence-corrected chi connectivity index (χ0v) is 10.1. The highest BCUT2D eigenvalue weighted by molar-refractivity contribution is 7.85. The maximum absolute atomic E-state index is 10.4. The van der Waals surface area contributed by atoms with Gasteiger partial charge in [-0.15, -0.1) is 0 Å². The maximum Gasteiger partial charge on any atom is 0.269 e. The van der Waals surface area contributed by atoms with Gasteiger partial charge >= 0.3 is 0 Å². The first-order valence-corrected chi connectivity index (χ1v) is 7.45. The number of hydrogen-bond acceptors (Lipinski definition) is 4. The van der Waals surface area contributed by atoms with Gasteiger partial charge in [-0.25, -0.2) is 0 Å². The molecule has 92 valence electrons. The van der Waals surface area contributed by atoms with E-state index in [-0.39, 0.29) is 5.75 Å². The minimum Gasteiger partial charge on any atom is -0.286 e. The molecule has 1 rings (SSSR count). The molecule has 0 radical (unpaired) electrons. The minimum absolute atomic E-state index is 0.312. The third-order valence-corrected chi connectivity index (χ3v) is 1.89. The molecule has 0 saturated heterocycles. The van der Waals surface area contributed by atoms with E-state index < -0.39 is 20.2 Å². The summed E-state index contributed by atoms with van der Waals surface area (Å²) in [6.07, 6.45) is 0.715. The van der Waals surface area contributed by atoms with Gasteiger partial charge in [0.05, 0.1) is 6.26 Å². The Balaban J connectivity index is 0.000000385. The summed E-state index contributed by atoms with van der Waals surface area (Å²) < 4.78 is 55.0. The normalized spacial score (nSPS) is 11.4. The van der Waals surface area contributed by atoms with Crippen molar-refractivity contribution >= 4 is 20.2 Å². The Morgan fingerprint density at radius 3 is 1.69 bits per heavy atom. The second-order valence-corrected chi connectivity index (χ2v) is 5.86. The Labute approximate surface area is 94.4 Å². The fraction of sp³-hybridized carbons (Fsp3) is 0.250. The average Bonchev–Trinajstić information content (AvgIpc) is 1.99. The molecule has 0 heterocycles. The molecule has 16 heavy (non-hydrogen) atoms. The van der Waals surface area contributed by atoms with Crippen molar-refractivity contribution in [3.63, 3.8) is 0 Å². The molecule has 0 aliphatic rings. The van der Waals surface area contributed by atoms with Crippen LogP contribution in [-0.4, -0.2) is 32.2 Å². The van der Waals surface area contributed by atoms with Crippen molar-refractivity contribution in [3.8, 4) is 0 Å². The molecule has 0 unspecified atom stereocenters. The van der Waals surface area contributed by atoms with Gasteiger partial charge in [0.15, 0.2) is 0 Å². The molecule has 0 fully saturated rings. The Bertz CT molecular complexity index is 495. The van der Waals surface area contributed by atoms with Crippen LogP contribution in [0.4, 0.5) is 0 Å². The van der Waals surface area contributed by atoms with Crippen molar-refractivity contribution in [2.45, 2.75) is 5.75 Å². The molecule has 2 N–H and O–H groups in total. The van der Waals surface area contributed by atoms with Crippen LogP contribution in [0.25, 0.3) is 0 Å². The summed E-state index contributed by atoms with van der Waals surface area (Å²) in [4.78, 5) is 0. The standard InChI is InChI=1S/C7H8O3S.CH4O3S/c8-11(9,10)6-7-4-2-1-3-5-7;1-5(2,3)4/h1-5H,6H2,(H,8,9,10);1H3,(H,2,3,4). The van der Waals surface area contributed by atoms with Crippen LogP contribution in [0.3, 0.4) is 0 Å². The average molecular weight is 268 g/mol. The molecule has 0 saturated carbocycles. The Morgan fingerprint density at radius 1 is 1.00 bits per heavy atom. The lowest BCUT2D eigenvalue weighted by atomic mass is 10.2. The van der Waals surface area contributed by atoms with Gasteiger partial charge in [-0.1, -0.05) is 30.3 Å². The van der Waals surface area contributed by atoms with Crippen LogP contribution in [0.15, 0.2) is 30.3 Å². The van der Waals surface area contributed by atoms with Crippen LogP contribution in [0.2, 0.25) is 0 Å². The van der Waals surface area contributed by atoms with E-state index >= 15 is 0 Å².